The molecular weight excluding hydrogens is 202 g/mol. The minimum Gasteiger partial charge on any atom is -0.495 e. The molecular formula is C10H8ClNO2. The summed E-state index contributed by atoms with van der Waals surface area (Å²) in [6.07, 6.45) is 4.91. The zero-order chi connectivity index (χ0) is 10.6. The predicted octanol–water partition coefficient (Wildman–Crippen LogP) is 1.92. The van der Waals surface area contributed by atoms with Crippen molar-refractivity contribution in [3.8, 4) is 18.1 Å². The number of carbonyl (C=O) groups excluding carboxylic acids is 1. The summed E-state index contributed by atoms with van der Waals surface area (Å²) in [6.45, 7) is 0. The number of benzene rings is 1. The van der Waals surface area contributed by atoms with Crippen LogP contribution in [0.1, 0.15) is 0 Å². The Morgan fingerprint density at radius 3 is 2.93 bits per heavy atom. The van der Waals surface area contributed by atoms with Crippen molar-refractivity contribution in [2.24, 2.45) is 0 Å². The van der Waals surface area contributed by atoms with Gasteiger partial charge < -0.3 is 10.1 Å². The third kappa shape index (κ3) is 2.41. The highest BCUT2D eigenvalue weighted by molar-refractivity contribution is 6.31. The Bertz CT molecular complexity index is 396. The Morgan fingerprint density at radius 2 is 2.36 bits per heavy atom. The molecule has 14 heavy (non-hydrogen) atoms. The lowest BCUT2D eigenvalue weighted by atomic mass is 10.3. The molecule has 1 aromatic rings. The zero-order valence-corrected chi connectivity index (χ0v) is 8.26. The van der Waals surface area contributed by atoms with Gasteiger partial charge in [0.15, 0.2) is 0 Å². The lowest BCUT2D eigenvalue weighted by molar-refractivity contribution is -0.111. The molecule has 1 amide bonds. The van der Waals surface area contributed by atoms with Crippen LogP contribution in [0, 0.1) is 12.3 Å². The molecule has 1 rings (SSSR count). The molecule has 0 atom stereocenters. The number of amides is 1. The van der Waals surface area contributed by atoms with Crippen LogP contribution >= 0.6 is 11.6 Å². The van der Waals surface area contributed by atoms with Crippen LogP contribution in [0.25, 0.3) is 0 Å². The molecule has 0 aromatic heterocycles. The van der Waals surface area contributed by atoms with Gasteiger partial charge in [-0.05, 0) is 24.1 Å². The molecule has 72 valence electrons. The maximum atomic E-state index is 10.9. The topological polar surface area (TPSA) is 38.3 Å². The second-order valence-electron chi connectivity index (χ2n) is 2.44. The zero-order valence-electron chi connectivity index (χ0n) is 7.50. The van der Waals surface area contributed by atoms with Crippen molar-refractivity contribution >= 4 is 23.2 Å². The number of carbonyl (C=O) groups is 1. The predicted molar refractivity (Wildman–Crippen MR) is 55.5 cm³/mol. The van der Waals surface area contributed by atoms with Crippen molar-refractivity contribution in [2.75, 3.05) is 12.4 Å². The molecule has 4 heteroatoms. The highest BCUT2D eigenvalue weighted by Gasteiger charge is 2.05. The number of hydrogen-bond donors (Lipinski definition) is 1. The average molecular weight is 210 g/mol. The molecule has 3 nitrogen and oxygen atoms in total. The molecule has 0 aliphatic heterocycles. The van der Waals surface area contributed by atoms with Gasteiger partial charge in [-0.3, -0.25) is 4.79 Å². The minimum absolute atomic E-state index is 0.461. The van der Waals surface area contributed by atoms with Crippen molar-refractivity contribution in [1.29, 1.82) is 0 Å². The molecule has 0 unspecified atom stereocenters. The molecule has 0 fully saturated rings. The average Bonchev–Trinajstić information content (AvgIpc) is 2.18. The third-order valence-electron chi connectivity index (χ3n) is 1.54. The Balaban J connectivity index is 3.00. The van der Waals surface area contributed by atoms with E-state index in [1.165, 1.54) is 7.11 Å². The minimum atomic E-state index is -0.537. The number of rotatable bonds is 2. The largest absolute Gasteiger partial charge is 0.495 e. The van der Waals surface area contributed by atoms with Gasteiger partial charge in [-0.2, -0.15) is 0 Å². The molecule has 1 aromatic carbocycles. The second-order valence-corrected chi connectivity index (χ2v) is 2.88. The van der Waals surface area contributed by atoms with E-state index in [1.807, 2.05) is 5.92 Å². The van der Waals surface area contributed by atoms with E-state index in [0.717, 1.165) is 0 Å². The standard InChI is InChI=1S/C10H8ClNO2/c1-3-10(13)12-8-6-7(11)4-5-9(8)14-2/h1,4-6H,2H3,(H,12,13). The van der Waals surface area contributed by atoms with E-state index in [2.05, 4.69) is 5.32 Å². The van der Waals surface area contributed by atoms with Crippen LogP contribution in [0.2, 0.25) is 5.02 Å². The fourth-order valence-corrected chi connectivity index (χ4v) is 1.11. The van der Waals surface area contributed by atoms with E-state index in [9.17, 15) is 4.79 Å². The molecule has 0 saturated heterocycles. The summed E-state index contributed by atoms with van der Waals surface area (Å²) in [6, 6.07) is 4.87. The second kappa shape index (κ2) is 4.54. The maximum absolute atomic E-state index is 10.9. The lowest BCUT2D eigenvalue weighted by Gasteiger charge is -2.07. The van der Waals surface area contributed by atoms with Crippen LogP contribution in [0.5, 0.6) is 5.75 Å². The van der Waals surface area contributed by atoms with E-state index < -0.39 is 5.91 Å². The molecule has 0 heterocycles. The molecule has 0 aliphatic rings. The maximum Gasteiger partial charge on any atom is 0.300 e. The fourth-order valence-electron chi connectivity index (χ4n) is 0.936. The monoisotopic (exact) mass is 209 g/mol. The molecule has 1 N–H and O–H groups in total. The van der Waals surface area contributed by atoms with Crippen LogP contribution in [-0.2, 0) is 4.79 Å². The number of terminal acetylenes is 1. The van der Waals surface area contributed by atoms with Crippen molar-refractivity contribution in [3.63, 3.8) is 0 Å². The summed E-state index contributed by atoms with van der Waals surface area (Å²) >= 11 is 5.74. The van der Waals surface area contributed by atoms with E-state index in [4.69, 9.17) is 22.8 Å². The summed E-state index contributed by atoms with van der Waals surface area (Å²) in [5.74, 6) is 1.91. The van der Waals surface area contributed by atoms with Crippen molar-refractivity contribution in [2.45, 2.75) is 0 Å². The van der Waals surface area contributed by atoms with E-state index in [0.29, 0.717) is 16.5 Å². The lowest BCUT2D eigenvalue weighted by Crippen LogP contribution is -2.09. The van der Waals surface area contributed by atoms with Gasteiger partial charge >= 0.3 is 0 Å². The quantitative estimate of drug-likeness (QED) is 0.756. The van der Waals surface area contributed by atoms with Crippen LogP contribution in [0.15, 0.2) is 18.2 Å². The van der Waals surface area contributed by atoms with Gasteiger partial charge in [0.05, 0.1) is 12.8 Å². The number of nitrogens with one attached hydrogen (secondary N) is 1. The van der Waals surface area contributed by atoms with Crippen molar-refractivity contribution < 1.29 is 9.53 Å². The first-order valence-corrected chi connectivity index (χ1v) is 4.16. The summed E-state index contributed by atoms with van der Waals surface area (Å²) in [5, 5.41) is 2.97. The summed E-state index contributed by atoms with van der Waals surface area (Å²) in [4.78, 5) is 10.9. The first-order chi connectivity index (χ1) is 6.67. The van der Waals surface area contributed by atoms with Gasteiger partial charge in [0.2, 0.25) is 0 Å². The highest BCUT2D eigenvalue weighted by atomic mass is 35.5. The first kappa shape index (κ1) is 10.4. The van der Waals surface area contributed by atoms with E-state index >= 15 is 0 Å². The third-order valence-corrected chi connectivity index (χ3v) is 1.78. The number of methoxy groups -OCH3 is 1. The first-order valence-electron chi connectivity index (χ1n) is 3.78. The van der Waals surface area contributed by atoms with Gasteiger partial charge in [-0.1, -0.05) is 11.6 Å². The number of hydrogen-bond acceptors (Lipinski definition) is 2. The SMILES string of the molecule is C#CC(=O)Nc1cc(Cl)ccc1OC. The Morgan fingerprint density at radius 1 is 1.64 bits per heavy atom. The van der Waals surface area contributed by atoms with Gasteiger partial charge in [0.25, 0.3) is 5.91 Å². The Kier molecular flexibility index (Phi) is 3.38. The summed E-state index contributed by atoms with van der Waals surface area (Å²) in [7, 11) is 1.49. The van der Waals surface area contributed by atoms with E-state index in [1.54, 1.807) is 18.2 Å². The molecule has 0 aliphatic carbocycles. The van der Waals surface area contributed by atoms with Crippen LogP contribution in [0.3, 0.4) is 0 Å². The number of halogens is 1. The highest BCUT2D eigenvalue weighted by Crippen LogP contribution is 2.27. The fraction of sp³-hybridized carbons (Fsp3) is 0.100. The Hall–Kier alpha value is -1.66. The molecule has 0 saturated carbocycles. The molecule has 0 spiro atoms. The van der Waals surface area contributed by atoms with Crippen molar-refractivity contribution in [1.82, 2.24) is 0 Å². The van der Waals surface area contributed by atoms with Crippen LogP contribution in [0.4, 0.5) is 5.69 Å². The number of ether oxygens (including phenoxy) is 1. The molecule has 0 bridgehead atoms. The van der Waals surface area contributed by atoms with Crippen LogP contribution < -0.4 is 10.1 Å². The van der Waals surface area contributed by atoms with Gasteiger partial charge in [0.1, 0.15) is 5.75 Å². The van der Waals surface area contributed by atoms with Gasteiger partial charge in [-0.15, -0.1) is 6.42 Å². The smallest absolute Gasteiger partial charge is 0.300 e. The summed E-state index contributed by atoms with van der Waals surface area (Å²) < 4.78 is 5.00. The Labute approximate surface area is 87.0 Å². The van der Waals surface area contributed by atoms with Crippen LogP contribution in [-0.4, -0.2) is 13.0 Å². The van der Waals surface area contributed by atoms with E-state index in [-0.39, 0.29) is 0 Å². The normalized spacial score (nSPS) is 8.93. The number of anilines is 1. The van der Waals surface area contributed by atoms with Gasteiger partial charge in [-0.25, -0.2) is 0 Å². The summed E-state index contributed by atoms with van der Waals surface area (Å²) in [5.41, 5.74) is 0.461. The molecule has 0 radical (unpaired) electrons. The van der Waals surface area contributed by atoms with Gasteiger partial charge in [0, 0.05) is 5.02 Å². The van der Waals surface area contributed by atoms with Crippen molar-refractivity contribution in [3.05, 3.63) is 23.2 Å².